The summed E-state index contributed by atoms with van der Waals surface area (Å²) < 4.78 is 0. The summed E-state index contributed by atoms with van der Waals surface area (Å²) in [5.74, 6) is 4.46. The minimum atomic E-state index is -0.849. The number of hydrogen-bond acceptors (Lipinski definition) is 12. The van der Waals surface area contributed by atoms with E-state index in [0.717, 1.165) is 30.5 Å². The van der Waals surface area contributed by atoms with Crippen LogP contribution in [0.2, 0.25) is 0 Å². The third-order valence-electron chi connectivity index (χ3n) is 3.43. The Morgan fingerprint density at radius 1 is 0.464 bits per heavy atom. The quantitative estimate of drug-likeness (QED) is 0.0486. The van der Waals surface area contributed by atoms with Gasteiger partial charge in [0.25, 0.3) is 0 Å². The van der Waals surface area contributed by atoms with E-state index in [-0.39, 0.29) is 0 Å². The Hall–Kier alpha value is 5.25. The van der Waals surface area contributed by atoms with Crippen LogP contribution in [0.15, 0.2) is 0 Å². The Bertz CT molecular complexity index is 319. The topological polar surface area (TPSA) is 0 Å². The van der Waals surface area contributed by atoms with Crippen molar-refractivity contribution in [1.29, 1.82) is 0 Å². The summed E-state index contributed by atoms with van der Waals surface area (Å²) in [5.41, 5.74) is 0. The Morgan fingerprint density at radius 2 is 0.643 bits per heavy atom. The second-order valence-electron chi connectivity index (χ2n) is 5.62. The second kappa shape index (κ2) is 18.5. The highest BCUT2D eigenvalue weighted by molar-refractivity contribution is 9.26. The van der Waals surface area contributed by atoms with Gasteiger partial charge in [-0.25, -0.2) is 0 Å². The number of hydrogen-bond donors (Lipinski definition) is 6. The van der Waals surface area contributed by atoms with E-state index in [4.69, 9.17) is 0 Å². The molecule has 0 N–H and O–H groups in total. The lowest BCUT2D eigenvalue weighted by molar-refractivity contribution is 0.777. The Kier molecular flexibility index (Phi) is 22.0. The first-order valence-electron chi connectivity index (χ1n) is 7.94. The van der Waals surface area contributed by atoms with Crippen LogP contribution in [-0.2, 0) is 0 Å². The van der Waals surface area contributed by atoms with Crippen molar-refractivity contribution in [3.05, 3.63) is 0 Å². The van der Waals surface area contributed by atoms with Crippen molar-refractivity contribution in [1.82, 2.24) is 0 Å². The molecule has 0 unspecified atom stereocenters. The molecule has 0 nitrogen and oxygen atoms in total. The van der Waals surface area contributed by atoms with Crippen molar-refractivity contribution in [3.8, 4) is 0 Å². The average molecular weight is 671 g/mol. The predicted octanol–water partition coefficient (Wildman–Crippen LogP) is 9.12. The Balaban J connectivity index is 5.66. The first-order chi connectivity index (χ1) is 13.1. The van der Waals surface area contributed by atoms with E-state index in [0.29, 0.717) is 5.92 Å². The van der Waals surface area contributed by atoms with Crippen molar-refractivity contribution in [3.63, 3.8) is 0 Å². The van der Waals surface area contributed by atoms with Crippen LogP contribution in [0.1, 0.15) is 0 Å². The standard InChI is InChI=1S/C13H34S15/c1-26(20-7-14,21-8-15)4-13(5-27(2,22-9-16)23-10-17)6-28(3,24-11-18)25-12-19/h13-19H,4-12H2,1-3H3. The fourth-order valence-corrected chi connectivity index (χ4v) is 39.0. The third-order valence-corrected chi connectivity index (χ3v) is 34.5. The fourth-order valence-electron chi connectivity index (χ4n) is 2.49. The lowest BCUT2D eigenvalue weighted by atomic mass is 10.3. The molecule has 0 saturated carbocycles. The molecule has 28 heavy (non-hydrogen) atoms. The molecule has 0 aromatic heterocycles. The molecule has 0 saturated heterocycles. The van der Waals surface area contributed by atoms with Gasteiger partial charge in [-0.15, -0.1) is 24.3 Å². The van der Waals surface area contributed by atoms with Gasteiger partial charge in [0.05, 0.1) is 0 Å². The molecule has 176 valence electrons. The van der Waals surface area contributed by atoms with Gasteiger partial charge in [-0.2, -0.15) is 75.8 Å². The highest BCUT2D eigenvalue weighted by Crippen LogP contribution is 2.75. The zero-order valence-electron chi connectivity index (χ0n) is 16.3. The van der Waals surface area contributed by atoms with Gasteiger partial charge in [-0.3, -0.25) is 0 Å². The van der Waals surface area contributed by atoms with Crippen LogP contribution in [0.4, 0.5) is 0 Å². The molecule has 0 aliphatic heterocycles. The van der Waals surface area contributed by atoms with Crippen molar-refractivity contribution in [2.24, 2.45) is 5.92 Å². The van der Waals surface area contributed by atoms with Crippen LogP contribution in [0, 0.1) is 5.92 Å². The maximum Gasteiger partial charge on any atom is 0.0458 e. The van der Waals surface area contributed by atoms with Crippen molar-refractivity contribution < 1.29 is 0 Å². The second-order valence-corrected chi connectivity index (χ2v) is 39.2. The molecule has 0 aliphatic carbocycles. The monoisotopic (exact) mass is 670 g/mol. The van der Waals surface area contributed by atoms with Crippen molar-refractivity contribution >= 4 is 165 Å². The van der Waals surface area contributed by atoms with Gasteiger partial charge in [0.15, 0.2) is 0 Å². The molecule has 0 atom stereocenters. The molecule has 0 bridgehead atoms. The molecule has 0 amide bonds. The molecule has 15 heteroatoms. The van der Waals surface area contributed by atoms with E-state index in [1.165, 1.54) is 17.3 Å². The van der Waals surface area contributed by atoms with Gasteiger partial charge in [0.2, 0.25) is 0 Å². The third kappa shape index (κ3) is 14.6. The minimum absolute atomic E-state index is 0.680. The largest absolute Gasteiger partial charge is 0.168 e. The van der Waals surface area contributed by atoms with Crippen LogP contribution < -0.4 is 0 Å². The van der Waals surface area contributed by atoms with E-state index in [1.54, 1.807) is 0 Å². The zero-order valence-corrected chi connectivity index (χ0v) is 29.0. The Morgan fingerprint density at radius 3 is 0.786 bits per heavy atom. The van der Waals surface area contributed by atoms with Crippen LogP contribution in [0.5, 0.6) is 0 Å². The lowest BCUT2D eigenvalue weighted by Crippen LogP contribution is -2.22. The molecule has 0 aromatic rings. The molecule has 0 aliphatic rings. The normalized spacial score (nSPS) is 15.2. The van der Waals surface area contributed by atoms with Gasteiger partial charge >= 0.3 is 0 Å². The number of rotatable bonds is 18. The van der Waals surface area contributed by atoms with Gasteiger partial charge in [-0.05, 0) is 41.9 Å². The lowest BCUT2D eigenvalue weighted by Gasteiger charge is -2.45. The van der Waals surface area contributed by atoms with E-state index in [9.17, 15) is 0 Å². The predicted molar refractivity (Wildman–Crippen MR) is 187 cm³/mol. The van der Waals surface area contributed by atoms with Gasteiger partial charge in [0, 0.05) is 30.5 Å². The van der Waals surface area contributed by atoms with Crippen LogP contribution >= 0.6 is 165 Å². The molecular weight excluding hydrogens is 637 g/mol. The SMILES string of the molecule is CS(CC(CS(C)(SCS)SCS)CS(C)(SCS)SCS)(SCS)SCS. The maximum atomic E-state index is 4.53. The summed E-state index contributed by atoms with van der Waals surface area (Å²) in [6.45, 7) is 0. The average Bonchev–Trinajstić information content (AvgIpc) is 2.55. The smallest absolute Gasteiger partial charge is 0.0458 e. The van der Waals surface area contributed by atoms with Crippen LogP contribution in [0.25, 0.3) is 0 Å². The molecule has 0 aromatic carbocycles. The highest BCUT2D eigenvalue weighted by Gasteiger charge is 2.33. The van der Waals surface area contributed by atoms with Gasteiger partial charge < -0.3 is 0 Å². The highest BCUT2D eigenvalue weighted by atomic mass is 33.6. The summed E-state index contributed by atoms with van der Waals surface area (Å²) in [6.07, 6.45) is 7.36. The summed E-state index contributed by atoms with van der Waals surface area (Å²) >= 11 is 27.2. The van der Waals surface area contributed by atoms with Crippen molar-refractivity contribution in [2.75, 3.05) is 66.5 Å². The molecule has 0 radical (unpaired) electrons. The van der Waals surface area contributed by atoms with E-state index >= 15 is 0 Å². The molecule has 0 spiro atoms. The fraction of sp³-hybridized carbons (Fsp3) is 1.00. The molecular formula is C13H34S15. The van der Waals surface area contributed by atoms with E-state index in [2.05, 4.69) is 94.5 Å². The van der Waals surface area contributed by atoms with Crippen LogP contribution in [0.3, 0.4) is 0 Å². The Labute approximate surface area is 233 Å². The minimum Gasteiger partial charge on any atom is -0.168 e. The van der Waals surface area contributed by atoms with Crippen LogP contribution in [-0.4, -0.2) is 66.5 Å². The molecule has 0 rings (SSSR count). The summed E-state index contributed by atoms with van der Waals surface area (Å²) in [6, 6.07) is 0. The zero-order chi connectivity index (χ0) is 21.7. The van der Waals surface area contributed by atoms with E-state index in [1.807, 2.05) is 64.8 Å². The summed E-state index contributed by atoms with van der Waals surface area (Å²) in [4.78, 5) is 0. The summed E-state index contributed by atoms with van der Waals surface area (Å²) in [7, 11) is 9.63. The van der Waals surface area contributed by atoms with Gasteiger partial charge in [-0.1, -0.05) is 64.8 Å². The number of thiol groups is 6. The first-order valence-corrected chi connectivity index (χ1v) is 27.4. The molecule has 0 fully saturated rings. The first kappa shape index (κ1) is 33.2. The maximum absolute atomic E-state index is 4.53. The summed E-state index contributed by atoms with van der Waals surface area (Å²) in [5, 5.41) is 5.26. The van der Waals surface area contributed by atoms with Crippen molar-refractivity contribution in [2.45, 2.75) is 0 Å². The van der Waals surface area contributed by atoms with Gasteiger partial charge in [0.1, 0.15) is 0 Å². The molecule has 0 heterocycles. The van der Waals surface area contributed by atoms with E-state index < -0.39 is 24.3 Å².